The quantitative estimate of drug-likeness (QED) is 0.701. The van der Waals surface area contributed by atoms with Gasteiger partial charge in [0.15, 0.2) is 0 Å². The topological polar surface area (TPSA) is 26.0 Å². The molecule has 0 aliphatic heterocycles. The Kier molecular flexibility index (Phi) is 2.34. The maximum atomic E-state index is 6.48. The number of hydrogen-bond donors (Lipinski definition) is 1. The van der Waals surface area contributed by atoms with E-state index in [1.807, 2.05) is 48.6 Å². The fraction of sp³-hybridized carbons (Fsp3) is 0.167. The van der Waals surface area contributed by atoms with Crippen LogP contribution in [-0.4, -0.2) is 0 Å². The van der Waals surface area contributed by atoms with Gasteiger partial charge in [0.25, 0.3) is 0 Å². The van der Waals surface area contributed by atoms with E-state index in [2.05, 4.69) is 0 Å². The molecule has 2 heteroatoms. The van der Waals surface area contributed by atoms with Crippen LogP contribution in [0, 0.1) is 0 Å². The third kappa shape index (κ3) is 1.68. The highest BCUT2D eigenvalue weighted by atomic mass is 35.5. The zero-order valence-corrected chi connectivity index (χ0v) is 8.54. The highest BCUT2D eigenvalue weighted by molar-refractivity contribution is 6.25. The monoisotopic (exact) mass is 205 g/mol. The van der Waals surface area contributed by atoms with Gasteiger partial charge in [-0.05, 0) is 18.1 Å². The van der Waals surface area contributed by atoms with Crippen molar-refractivity contribution in [2.24, 2.45) is 5.73 Å². The van der Waals surface area contributed by atoms with E-state index in [1.54, 1.807) is 0 Å². The molecule has 0 bridgehead atoms. The van der Waals surface area contributed by atoms with E-state index in [4.69, 9.17) is 17.3 Å². The molecule has 2 N–H and O–H groups in total. The van der Waals surface area contributed by atoms with Gasteiger partial charge < -0.3 is 5.73 Å². The Morgan fingerprint density at radius 2 is 1.93 bits per heavy atom. The Balaban J connectivity index is 2.32. The smallest absolute Gasteiger partial charge is 0.0914 e. The van der Waals surface area contributed by atoms with Crippen molar-refractivity contribution >= 4 is 11.6 Å². The molecule has 1 aromatic carbocycles. The second kappa shape index (κ2) is 3.50. The minimum atomic E-state index is -0.413. The maximum Gasteiger partial charge on any atom is 0.0914 e. The average Bonchev–Trinajstić information content (AvgIpc) is 2.24. The van der Waals surface area contributed by atoms with Crippen LogP contribution in [0.25, 0.3) is 0 Å². The number of halogens is 1. The largest absolute Gasteiger partial charge is 0.399 e. The van der Waals surface area contributed by atoms with Gasteiger partial charge in [-0.15, -0.1) is 11.6 Å². The van der Waals surface area contributed by atoms with E-state index in [1.165, 1.54) is 0 Å². The van der Waals surface area contributed by atoms with Crippen molar-refractivity contribution in [3.8, 4) is 0 Å². The summed E-state index contributed by atoms with van der Waals surface area (Å²) in [5, 5.41) is 0. The molecule has 1 aliphatic carbocycles. The zero-order chi connectivity index (χ0) is 10.0. The molecule has 0 radical (unpaired) electrons. The molecule has 1 unspecified atom stereocenters. The van der Waals surface area contributed by atoms with Crippen molar-refractivity contribution in [3.63, 3.8) is 0 Å². The fourth-order valence-corrected chi connectivity index (χ4v) is 1.83. The molecular formula is C12H12ClN. The van der Waals surface area contributed by atoms with Crippen molar-refractivity contribution in [3.05, 3.63) is 59.8 Å². The molecular weight excluding hydrogens is 194 g/mol. The van der Waals surface area contributed by atoms with Gasteiger partial charge in [0.2, 0.25) is 0 Å². The van der Waals surface area contributed by atoms with Gasteiger partial charge >= 0.3 is 0 Å². The van der Waals surface area contributed by atoms with E-state index in [9.17, 15) is 0 Å². The number of rotatable bonds is 1. The predicted octanol–water partition coefficient (Wildman–Crippen LogP) is 2.92. The van der Waals surface area contributed by atoms with Crippen LogP contribution >= 0.6 is 11.6 Å². The third-order valence-electron chi connectivity index (χ3n) is 2.43. The number of hydrogen-bond acceptors (Lipinski definition) is 1. The lowest BCUT2D eigenvalue weighted by Gasteiger charge is -2.25. The molecule has 0 saturated carbocycles. The normalized spacial score (nSPS) is 25.9. The molecule has 1 atom stereocenters. The van der Waals surface area contributed by atoms with Crippen LogP contribution in [0.1, 0.15) is 12.0 Å². The van der Waals surface area contributed by atoms with Crippen molar-refractivity contribution < 1.29 is 0 Å². The molecule has 0 fully saturated rings. The van der Waals surface area contributed by atoms with Gasteiger partial charge in [-0.25, -0.2) is 0 Å². The molecule has 72 valence electrons. The summed E-state index contributed by atoms with van der Waals surface area (Å²) in [7, 11) is 0. The van der Waals surface area contributed by atoms with Crippen LogP contribution < -0.4 is 5.73 Å². The first-order valence-corrected chi connectivity index (χ1v) is 4.98. The zero-order valence-electron chi connectivity index (χ0n) is 7.78. The minimum Gasteiger partial charge on any atom is -0.399 e. The van der Waals surface area contributed by atoms with Crippen LogP contribution in [-0.2, 0) is 4.87 Å². The highest BCUT2D eigenvalue weighted by Crippen LogP contribution is 2.37. The Morgan fingerprint density at radius 1 is 1.21 bits per heavy atom. The van der Waals surface area contributed by atoms with Crippen LogP contribution in [0.15, 0.2) is 54.3 Å². The number of nitrogens with two attached hydrogens (primary N) is 1. The van der Waals surface area contributed by atoms with Gasteiger partial charge in [-0.1, -0.05) is 42.5 Å². The van der Waals surface area contributed by atoms with E-state index in [0.29, 0.717) is 0 Å². The molecule has 0 aromatic heterocycles. The highest BCUT2D eigenvalue weighted by Gasteiger charge is 2.26. The van der Waals surface area contributed by atoms with Gasteiger partial charge in [0.1, 0.15) is 0 Å². The lowest BCUT2D eigenvalue weighted by molar-refractivity contribution is 0.756. The van der Waals surface area contributed by atoms with Gasteiger partial charge in [-0.3, -0.25) is 0 Å². The molecule has 0 saturated heterocycles. The van der Waals surface area contributed by atoms with E-state index >= 15 is 0 Å². The SMILES string of the molecule is NC1=CCC(Cl)(c2ccccc2)C=C1. The second-order valence-corrected chi connectivity index (χ2v) is 4.14. The van der Waals surface area contributed by atoms with Crippen LogP contribution in [0.2, 0.25) is 0 Å². The van der Waals surface area contributed by atoms with Crippen molar-refractivity contribution in [1.82, 2.24) is 0 Å². The Bertz CT molecular complexity index is 381. The molecule has 0 heterocycles. The lowest BCUT2D eigenvalue weighted by Crippen LogP contribution is -2.18. The molecule has 1 aromatic rings. The summed E-state index contributed by atoms with van der Waals surface area (Å²) in [6.45, 7) is 0. The molecule has 2 rings (SSSR count). The summed E-state index contributed by atoms with van der Waals surface area (Å²) < 4.78 is 0. The third-order valence-corrected chi connectivity index (χ3v) is 2.93. The summed E-state index contributed by atoms with van der Waals surface area (Å²) in [6, 6.07) is 10.0. The van der Waals surface area contributed by atoms with Crippen molar-refractivity contribution in [1.29, 1.82) is 0 Å². The molecule has 1 nitrogen and oxygen atoms in total. The molecule has 1 aliphatic rings. The first-order chi connectivity index (χ1) is 6.71. The first kappa shape index (κ1) is 9.35. The average molecular weight is 206 g/mol. The van der Waals surface area contributed by atoms with Gasteiger partial charge in [0.05, 0.1) is 4.87 Å². The van der Waals surface area contributed by atoms with Crippen molar-refractivity contribution in [2.75, 3.05) is 0 Å². The number of benzene rings is 1. The van der Waals surface area contributed by atoms with E-state index in [-0.39, 0.29) is 0 Å². The maximum absolute atomic E-state index is 6.48. The molecule has 14 heavy (non-hydrogen) atoms. The minimum absolute atomic E-state index is 0.413. The van der Waals surface area contributed by atoms with Gasteiger partial charge in [0, 0.05) is 5.70 Å². The van der Waals surface area contributed by atoms with E-state index < -0.39 is 4.87 Å². The second-order valence-electron chi connectivity index (χ2n) is 3.47. The molecule has 0 spiro atoms. The van der Waals surface area contributed by atoms with Crippen LogP contribution in [0.4, 0.5) is 0 Å². The Hall–Kier alpha value is -1.21. The predicted molar refractivity (Wildman–Crippen MR) is 60.0 cm³/mol. The fourth-order valence-electron chi connectivity index (χ4n) is 1.56. The van der Waals surface area contributed by atoms with Crippen LogP contribution in [0.3, 0.4) is 0 Å². The molecule has 0 amide bonds. The summed E-state index contributed by atoms with van der Waals surface area (Å²) in [4.78, 5) is -0.413. The van der Waals surface area contributed by atoms with E-state index in [0.717, 1.165) is 17.7 Å². The summed E-state index contributed by atoms with van der Waals surface area (Å²) in [6.07, 6.45) is 6.53. The first-order valence-electron chi connectivity index (χ1n) is 4.60. The number of allylic oxidation sites excluding steroid dienone is 3. The summed E-state index contributed by atoms with van der Waals surface area (Å²) in [5.41, 5.74) is 7.55. The van der Waals surface area contributed by atoms with Crippen LogP contribution in [0.5, 0.6) is 0 Å². The summed E-state index contributed by atoms with van der Waals surface area (Å²) in [5.74, 6) is 0. The van der Waals surface area contributed by atoms with Gasteiger partial charge in [-0.2, -0.15) is 0 Å². The lowest BCUT2D eigenvalue weighted by atomic mass is 9.91. The Morgan fingerprint density at radius 3 is 2.50 bits per heavy atom. The summed E-state index contributed by atoms with van der Waals surface area (Å²) >= 11 is 6.48. The Labute approximate surface area is 88.9 Å². The van der Waals surface area contributed by atoms with Crippen molar-refractivity contribution in [2.45, 2.75) is 11.3 Å². The number of alkyl halides is 1. The standard InChI is InChI=1S/C12H12ClN/c13-12(8-6-11(14)7-9-12)10-4-2-1-3-5-10/h1-8H,9,14H2.